The number of hydrogen-bond acceptors (Lipinski definition) is 6. The quantitative estimate of drug-likeness (QED) is 0.855. The maximum atomic E-state index is 9.25. The molecular weight excluding hydrogens is 248 g/mol. The van der Waals surface area contributed by atoms with E-state index >= 15 is 0 Å². The number of hydrogen-bond donors (Lipinski definition) is 1. The smallest absolute Gasteiger partial charge is 0.253 e. The fourth-order valence-corrected chi connectivity index (χ4v) is 1.56. The summed E-state index contributed by atoms with van der Waals surface area (Å²) < 4.78 is 16.0. The Morgan fingerprint density at radius 3 is 2.68 bits per heavy atom. The van der Waals surface area contributed by atoms with Crippen LogP contribution in [0.15, 0.2) is 22.6 Å². The van der Waals surface area contributed by atoms with E-state index in [-0.39, 0.29) is 13.2 Å². The first kappa shape index (κ1) is 13.4. The van der Waals surface area contributed by atoms with Gasteiger partial charge in [0.1, 0.15) is 11.5 Å². The molecule has 0 atom stereocenters. The van der Waals surface area contributed by atoms with Gasteiger partial charge in [-0.05, 0) is 12.1 Å². The van der Waals surface area contributed by atoms with Crippen LogP contribution in [0.2, 0.25) is 0 Å². The second-order valence-electron chi connectivity index (χ2n) is 3.86. The summed E-state index contributed by atoms with van der Waals surface area (Å²) in [5.74, 6) is 2.18. The van der Waals surface area contributed by atoms with Crippen molar-refractivity contribution in [1.82, 2.24) is 10.2 Å². The van der Waals surface area contributed by atoms with Crippen LogP contribution in [0.25, 0.3) is 0 Å². The van der Waals surface area contributed by atoms with E-state index in [9.17, 15) is 5.11 Å². The molecule has 6 heteroatoms. The van der Waals surface area contributed by atoms with Crippen LogP contribution >= 0.6 is 0 Å². The maximum Gasteiger partial charge on any atom is 0.253 e. The molecule has 0 radical (unpaired) electrons. The second kappa shape index (κ2) is 6.19. The van der Waals surface area contributed by atoms with Crippen molar-refractivity contribution in [3.8, 4) is 11.5 Å². The van der Waals surface area contributed by atoms with E-state index in [4.69, 9.17) is 13.9 Å². The lowest BCUT2D eigenvalue weighted by Gasteiger charge is -2.10. The SMILES string of the molecule is CCc1nnc(COc2cc(OC)ccc2CO)o1. The van der Waals surface area contributed by atoms with Crippen molar-refractivity contribution < 1.29 is 19.0 Å². The van der Waals surface area contributed by atoms with Crippen molar-refractivity contribution in [2.45, 2.75) is 26.6 Å². The first-order valence-electron chi connectivity index (χ1n) is 5.98. The molecule has 0 aliphatic heterocycles. The highest BCUT2D eigenvalue weighted by Crippen LogP contribution is 2.25. The summed E-state index contributed by atoms with van der Waals surface area (Å²) >= 11 is 0. The molecule has 1 heterocycles. The third-order valence-corrected chi connectivity index (χ3v) is 2.61. The highest BCUT2D eigenvalue weighted by Gasteiger charge is 2.09. The number of methoxy groups -OCH3 is 1. The summed E-state index contributed by atoms with van der Waals surface area (Å²) in [5.41, 5.74) is 0.677. The van der Waals surface area contributed by atoms with Gasteiger partial charge < -0.3 is 19.0 Å². The van der Waals surface area contributed by atoms with Gasteiger partial charge in [0, 0.05) is 18.1 Å². The van der Waals surface area contributed by atoms with Crippen LogP contribution in [0, 0.1) is 0 Å². The van der Waals surface area contributed by atoms with E-state index in [1.54, 1.807) is 25.3 Å². The summed E-state index contributed by atoms with van der Waals surface area (Å²) in [4.78, 5) is 0. The van der Waals surface area contributed by atoms with E-state index in [0.717, 1.165) is 0 Å². The van der Waals surface area contributed by atoms with Gasteiger partial charge in [-0.1, -0.05) is 6.92 Å². The lowest BCUT2D eigenvalue weighted by molar-refractivity contribution is 0.238. The van der Waals surface area contributed by atoms with E-state index < -0.39 is 0 Å². The van der Waals surface area contributed by atoms with Gasteiger partial charge in [0.15, 0.2) is 6.61 Å². The highest BCUT2D eigenvalue weighted by atomic mass is 16.5. The predicted octanol–water partition coefficient (Wildman–Crippen LogP) is 1.71. The predicted molar refractivity (Wildman–Crippen MR) is 66.9 cm³/mol. The lowest BCUT2D eigenvalue weighted by atomic mass is 10.2. The second-order valence-corrected chi connectivity index (χ2v) is 3.86. The van der Waals surface area contributed by atoms with Gasteiger partial charge >= 0.3 is 0 Å². The van der Waals surface area contributed by atoms with Gasteiger partial charge in [0.2, 0.25) is 5.89 Å². The fraction of sp³-hybridized carbons (Fsp3) is 0.385. The minimum atomic E-state index is -0.108. The molecule has 0 unspecified atom stereocenters. The van der Waals surface area contributed by atoms with Crippen LogP contribution in [-0.2, 0) is 19.6 Å². The van der Waals surface area contributed by atoms with Crippen LogP contribution < -0.4 is 9.47 Å². The molecule has 1 aromatic heterocycles. The Morgan fingerprint density at radius 2 is 2.05 bits per heavy atom. The molecule has 0 saturated heterocycles. The molecule has 6 nitrogen and oxygen atoms in total. The van der Waals surface area contributed by atoms with Crippen LogP contribution in [0.4, 0.5) is 0 Å². The Morgan fingerprint density at radius 1 is 1.26 bits per heavy atom. The number of aryl methyl sites for hydroxylation is 1. The summed E-state index contributed by atoms with van der Waals surface area (Å²) in [7, 11) is 1.57. The van der Waals surface area contributed by atoms with Gasteiger partial charge in [-0.15, -0.1) is 10.2 Å². The zero-order valence-electron chi connectivity index (χ0n) is 10.9. The maximum absolute atomic E-state index is 9.25. The van der Waals surface area contributed by atoms with Gasteiger partial charge in [-0.2, -0.15) is 0 Å². The fourth-order valence-electron chi connectivity index (χ4n) is 1.56. The van der Waals surface area contributed by atoms with Crippen LogP contribution in [0.1, 0.15) is 24.3 Å². The molecule has 0 aliphatic carbocycles. The number of aliphatic hydroxyl groups excluding tert-OH is 1. The molecule has 19 heavy (non-hydrogen) atoms. The Bertz CT molecular complexity index is 539. The first-order chi connectivity index (χ1) is 9.26. The molecule has 0 aliphatic rings. The summed E-state index contributed by atoms with van der Waals surface area (Å²) in [5, 5.41) is 17.0. The third-order valence-electron chi connectivity index (χ3n) is 2.61. The highest BCUT2D eigenvalue weighted by molar-refractivity contribution is 5.40. The van der Waals surface area contributed by atoms with Gasteiger partial charge in [-0.25, -0.2) is 0 Å². The average Bonchev–Trinajstić information content (AvgIpc) is 2.92. The Kier molecular flexibility index (Phi) is 4.35. The normalized spacial score (nSPS) is 10.5. The van der Waals surface area contributed by atoms with Crippen LogP contribution in [0.5, 0.6) is 11.5 Å². The van der Waals surface area contributed by atoms with E-state index in [1.807, 2.05) is 6.92 Å². The zero-order valence-corrected chi connectivity index (χ0v) is 10.9. The van der Waals surface area contributed by atoms with Crippen LogP contribution in [0.3, 0.4) is 0 Å². The van der Waals surface area contributed by atoms with Gasteiger partial charge in [-0.3, -0.25) is 0 Å². The van der Waals surface area contributed by atoms with Gasteiger partial charge in [0.25, 0.3) is 5.89 Å². The van der Waals surface area contributed by atoms with Gasteiger partial charge in [0.05, 0.1) is 13.7 Å². The molecule has 2 rings (SSSR count). The number of aliphatic hydroxyl groups is 1. The molecule has 0 spiro atoms. The monoisotopic (exact) mass is 264 g/mol. The number of ether oxygens (including phenoxy) is 2. The summed E-state index contributed by atoms with van der Waals surface area (Å²) in [6, 6.07) is 5.22. The molecule has 2 aromatic rings. The minimum absolute atomic E-state index is 0.108. The van der Waals surface area contributed by atoms with Crippen molar-refractivity contribution in [3.05, 3.63) is 35.5 Å². The van der Waals surface area contributed by atoms with Crippen molar-refractivity contribution in [2.75, 3.05) is 7.11 Å². The van der Waals surface area contributed by atoms with Crippen LogP contribution in [-0.4, -0.2) is 22.4 Å². The number of nitrogens with zero attached hydrogens (tertiary/aromatic N) is 2. The van der Waals surface area contributed by atoms with Crippen molar-refractivity contribution in [1.29, 1.82) is 0 Å². The molecule has 0 saturated carbocycles. The lowest BCUT2D eigenvalue weighted by Crippen LogP contribution is -1.99. The molecule has 1 N–H and O–H groups in total. The van der Waals surface area contributed by atoms with E-state index in [1.165, 1.54) is 0 Å². The molecule has 0 amide bonds. The summed E-state index contributed by atoms with van der Waals surface area (Å²) in [6.07, 6.45) is 0.689. The largest absolute Gasteiger partial charge is 0.497 e. The number of aromatic nitrogens is 2. The average molecular weight is 264 g/mol. The van der Waals surface area contributed by atoms with E-state index in [2.05, 4.69) is 10.2 Å². The van der Waals surface area contributed by atoms with Crippen molar-refractivity contribution >= 4 is 0 Å². The molecular formula is C13H16N2O4. The molecule has 0 fully saturated rings. The topological polar surface area (TPSA) is 77.6 Å². The minimum Gasteiger partial charge on any atom is -0.497 e. The first-order valence-corrected chi connectivity index (χ1v) is 5.98. The Balaban J connectivity index is 2.09. The Hall–Kier alpha value is -2.08. The number of benzene rings is 1. The molecule has 1 aromatic carbocycles. The standard InChI is InChI=1S/C13H16N2O4/c1-3-12-14-15-13(19-12)8-18-11-6-10(17-2)5-4-9(11)7-16/h4-6,16H,3,7-8H2,1-2H3. The van der Waals surface area contributed by atoms with Crippen molar-refractivity contribution in [2.24, 2.45) is 0 Å². The van der Waals surface area contributed by atoms with Crippen molar-refractivity contribution in [3.63, 3.8) is 0 Å². The third kappa shape index (κ3) is 3.23. The summed E-state index contributed by atoms with van der Waals surface area (Å²) in [6.45, 7) is 1.99. The number of rotatable bonds is 6. The van der Waals surface area contributed by atoms with E-state index in [0.29, 0.717) is 35.3 Å². The molecule has 0 bridgehead atoms. The zero-order chi connectivity index (χ0) is 13.7. The Labute approximate surface area is 111 Å². The molecule has 102 valence electrons.